The zero-order valence-corrected chi connectivity index (χ0v) is 19.8. The molecular weight excluding hydrogens is 392 g/mol. The van der Waals surface area contributed by atoms with E-state index in [1.54, 1.807) is 0 Å². The molecule has 0 spiro atoms. The lowest BCUT2D eigenvalue weighted by Gasteiger charge is -2.12. The Hall–Kier alpha value is -1.54. The maximum absolute atomic E-state index is 10.7. The smallest absolute Gasteiger partial charge is 0.303 e. The van der Waals surface area contributed by atoms with Gasteiger partial charge in [0.15, 0.2) is 0 Å². The number of hydrogen-bond donors (Lipinski definition) is 2. The monoisotopic (exact) mass is 438 g/mol. The van der Waals surface area contributed by atoms with Gasteiger partial charge in [0.25, 0.3) is 0 Å². The Morgan fingerprint density at radius 3 is 1.81 bits per heavy atom. The molecule has 31 heavy (non-hydrogen) atoms. The topological polar surface area (TPSA) is 83.8 Å². The van der Waals surface area contributed by atoms with E-state index >= 15 is 0 Å². The lowest BCUT2D eigenvalue weighted by Crippen LogP contribution is -2.12. The van der Waals surface area contributed by atoms with Gasteiger partial charge < -0.3 is 14.9 Å². The van der Waals surface area contributed by atoms with Gasteiger partial charge in [-0.1, -0.05) is 77.1 Å². The molecule has 0 aliphatic heterocycles. The minimum Gasteiger partial charge on any atom is -0.481 e. The van der Waals surface area contributed by atoms with Crippen molar-refractivity contribution in [3.63, 3.8) is 0 Å². The third-order valence-electron chi connectivity index (χ3n) is 5.38. The minimum atomic E-state index is -0.761. The van der Waals surface area contributed by atoms with Crippen molar-refractivity contribution < 1.29 is 24.5 Å². The third-order valence-corrected chi connectivity index (χ3v) is 5.38. The van der Waals surface area contributed by atoms with Crippen molar-refractivity contribution in [3.8, 4) is 11.8 Å². The van der Waals surface area contributed by atoms with Gasteiger partial charge in [0, 0.05) is 25.9 Å². The van der Waals surface area contributed by atoms with E-state index in [1.165, 1.54) is 57.8 Å². The predicted molar refractivity (Wildman–Crippen MR) is 126 cm³/mol. The molecule has 1 unspecified atom stereocenters. The van der Waals surface area contributed by atoms with Crippen LogP contribution in [-0.4, -0.2) is 34.9 Å². The molecule has 0 aliphatic carbocycles. The van der Waals surface area contributed by atoms with Crippen LogP contribution in [0.1, 0.15) is 129 Å². The first-order chi connectivity index (χ1) is 15.1. The lowest BCUT2D eigenvalue weighted by molar-refractivity contribution is -0.138. The standard InChI is InChI=1S/C26H46O5/c1-2-3-4-5-6-7-8-9-10-11-12-14-19-24(20-16-17-22-26(29)30)31-23-18-13-15-21-25(27)28/h24H,2-13,15-18,20-23H2,1H3,(H,27,28)(H,29,30). The van der Waals surface area contributed by atoms with Gasteiger partial charge in [-0.3, -0.25) is 9.59 Å². The van der Waals surface area contributed by atoms with Crippen LogP contribution in [-0.2, 0) is 14.3 Å². The summed E-state index contributed by atoms with van der Waals surface area (Å²) >= 11 is 0. The number of rotatable bonds is 22. The fourth-order valence-corrected chi connectivity index (χ4v) is 3.47. The molecule has 0 aliphatic rings. The predicted octanol–water partition coefficient (Wildman–Crippen LogP) is 6.98. The number of carboxylic acids is 2. The molecule has 0 saturated heterocycles. The molecule has 0 heterocycles. The van der Waals surface area contributed by atoms with Crippen LogP contribution < -0.4 is 0 Å². The van der Waals surface area contributed by atoms with Crippen LogP contribution in [0, 0.1) is 11.8 Å². The first-order valence-corrected chi connectivity index (χ1v) is 12.6. The summed E-state index contributed by atoms with van der Waals surface area (Å²) in [6, 6.07) is 0. The van der Waals surface area contributed by atoms with Crippen LogP contribution >= 0.6 is 0 Å². The van der Waals surface area contributed by atoms with Gasteiger partial charge in [-0.05, 0) is 38.5 Å². The fourth-order valence-electron chi connectivity index (χ4n) is 3.47. The highest BCUT2D eigenvalue weighted by Gasteiger charge is 2.07. The second-order valence-electron chi connectivity index (χ2n) is 8.46. The molecule has 0 saturated carbocycles. The Balaban J connectivity index is 3.93. The van der Waals surface area contributed by atoms with E-state index < -0.39 is 11.9 Å². The van der Waals surface area contributed by atoms with Crippen molar-refractivity contribution in [3.05, 3.63) is 0 Å². The van der Waals surface area contributed by atoms with Crippen LogP contribution in [0.4, 0.5) is 0 Å². The minimum absolute atomic E-state index is 0.142. The van der Waals surface area contributed by atoms with Crippen molar-refractivity contribution in [2.75, 3.05) is 6.61 Å². The SMILES string of the molecule is CCCCCCCCCCCCC#CC(CCCCC(=O)O)OCCCCCC(=O)O. The molecule has 180 valence electrons. The van der Waals surface area contributed by atoms with E-state index in [0.717, 1.165) is 38.5 Å². The molecule has 5 heteroatoms. The van der Waals surface area contributed by atoms with Crippen LogP contribution in [0.2, 0.25) is 0 Å². The highest BCUT2D eigenvalue weighted by molar-refractivity contribution is 5.66. The summed E-state index contributed by atoms with van der Waals surface area (Å²) in [5, 5.41) is 17.4. The van der Waals surface area contributed by atoms with Gasteiger partial charge in [0.1, 0.15) is 6.10 Å². The van der Waals surface area contributed by atoms with Crippen LogP contribution in [0.25, 0.3) is 0 Å². The maximum atomic E-state index is 10.7. The fraction of sp³-hybridized carbons (Fsp3) is 0.846. The summed E-state index contributed by atoms with van der Waals surface area (Å²) in [4.78, 5) is 21.2. The summed E-state index contributed by atoms with van der Waals surface area (Å²) in [5.41, 5.74) is 0. The normalized spacial score (nSPS) is 11.6. The molecule has 0 aromatic heterocycles. The van der Waals surface area contributed by atoms with E-state index in [1.807, 2.05) is 0 Å². The van der Waals surface area contributed by atoms with Gasteiger partial charge >= 0.3 is 11.9 Å². The van der Waals surface area contributed by atoms with Crippen molar-refractivity contribution in [2.24, 2.45) is 0 Å². The number of hydrogen-bond acceptors (Lipinski definition) is 3. The van der Waals surface area contributed by atoms with E-state index in [4.69, 9.17) is 14.9 Å². The van der Waals surface area contributed by atoms with Gasteiger partial charge in [-0.2, -0.15) is 0 Å². The second-order valence-corrected chi connectivity index (χ2v) is 8.46. The summed E-state index contributed by atoms with van der Waals surface area (Å²) in [6.07, 6.45) is 18.8. The van der Waals surface area contributed by atoms with Crippen molar-refractivity contribution in [2.45, 2.75) is 135 Å². The van der Waals surface area contributed by atoms with Gasteiger partial charge in [-0.15, -0.1) is 5.92 Å². The quantitative estimate of drug-likeness (QED) is 0.141. The van der Waals surface area contributed by atoms with Crippen molar-refractivity contribution in [1.29, 1.82) is 0 Å². The maximum Gasteiger partial charge on any atom is 0.303 e. The Bertz CT molecular complexity index is 492. The van der Waals surface area contributed by atoms with Crippen molar-refractivity contribution in [1.82, 2.24) is 0 Å². The molecule has 0 amide bonds. The number of carbonyl (C=O) groups is 2. The number of ether oxygens (including phenoxy) is 1. The molecular formula is C26H46O5. The number of aliphatic carboxylic acids is 2. The number of unbranched alkanes of at least 4 members (excludes halogenated alkanes) is 13. The van der Waals surface area contributed by atoms with Gasteiger partial charge in [0.05, 0.1) is 0 Å². The summed E-state index contributed by atoms with van der Waals surface area (Å²) in [7, 11) is 0. The Morgan fingerprint density at radius 2 is 1.23 bits per heavy atom. The first kappa shape index (κ1) is 29.5. The summed E-state index contributed by atoms with van der Waals surface area (Å²) in [5.74, 6) is 4.98. The molecule has 0 bridgehead atoms. The average molecular weight is 439 g/mol. The molecule has 0 rings (SSSR count). The Kier molecular flexibility index (Phi) is 22.0. The van der Waals surface area contributed by atoms with Gasteiger partial charge in [-0.25, -0.2) is 0 Å². The highest BCUT2D eigenvalue weighted by Crippen LogP contribution is 2.12. The molecule has 0 radical (unpaired) electrons. The zero-order chi connectivity index (χ0) is 23.0. The van der Waals surface area contributed by atoms with E-state index in [-0.39, 0.29) is 18.9 Å². The summed E-state index contributed by atoms with van der Waals surface area (Å²) < 4.78 is 5.89. The second kappa shape index (κ2) is 23.1. The molecule has 1 atom stereocenters. The van der Waals surface area contributed by atoms with Crippen molar-refractivity contribution >= 4 is 11.9 Å². The van der Waals surface area contributed by atoms with Gasteiger partial charge in [0.2, 0.25) is 0 Å². The third kappa shape index (κ3) is 24.6. The van der Waals surface area contributed by atoms with Crippen LogP contribution in [0.3, 0.4) is 0 Å². The molecule has 2 N–H and O–H groups in total. The van der Waals surface area contributed by atoms with E-state index in [0.29, 0.717) is 19.4 Å². The Labute approximate surface area is 190 Å². The lowest BCUT2D eigenvalue weighted by atomic mass is 10.1. The average Bonchev–Trinajstić information content (AvgIpc) is 2.73. The molecule has 0 aromatic rings. The van der Waals surface area contributed by atoms with E-state index in [9.17, 15) is 9.59 Å². The molecule has 0 aromatic carbocycles. The van der Waals surface area contributed by atoms with Crippen LogP contribution in [0.5, 0.6) is 0 Å². The number of carboxylic acid groups (broad SMARTS) is 2. The highest BCUT2D eigenvalue weighted by atomic mass is 16.5. The summed E-state index contributed by atoms with van der Waals surface area (Å²) in [6.45, 7) is 2.83. The first-order valence-electron chi connectivity index (χ1n) is 12.6. The van der Waals surface area contributed by atoms with Crippen LogP contribution in [0.15, 0.2) is 0 Å². The van der Waals surface area contributed by atoms with E-state index in [2.05, 4.69) is 18.8 Å². The largest absolute Gasteiger partial charge is 0.481 e. The molecule has 0 fully saturated rings. The Morgan fingerprint density at radius 1 is 0.710 bits per heavy atom. The zero-order valence-electron chi connectivity index (χ0n) is 19.8. The molecule has 5 nitrogen and oxygen atoms in total.